The first-order chi connectivity index (χ1) is 15.3. The second kappa shape index (κ2) is 10.0. The fraction of sp³-hybridized carbons (Fsp3) is 0.259. The van der Waals surface area contributed by atoms with Crippen LogP contribution in [-0.2, 0) is 16.1 Å². The number of nitrogens with zero attached hydrogens (tertiary/aromatic N) is 1. The van der Waals surface area contributed by atoms with Crippen molar-refractivity contribution in [3.8, 4) is 23.0 Å². The molecule has 2 aromatic carbocycles. The summed E-state index contributed by atoms with van der Waals surface area (Å²) in [5.74, 6) is 4.88. The highest BCUT2D eigenvalue weighted by molar-refractivity contribution is 5.97. The lowest BCUT2D eigenvalue weighted by atomic mass is 9.98. The Morgan fingerprint density at radius 3 is 2.31 bits per heavy atom. The zero-order valence-corrected chi connectivity index (χ0v) is 18.9. The zero-order chi connectivity index (χ0) is 23.1. The summed E-state index contributed by atoms with van der Waals surface area (Å²) in [5, 5.41) is 2.98. The zero-order valence-electron chi connectivity index (χ0n) is 18.9. The summed E-state index contributed by atoms with van der Waals surface area (Å²) in [7, 11) is 0. The molecule has 0 aliphatic carbocycles. The molecule has 3 rings (SSSR count). The molecule has 0 saturated carbocycles. The van der Waals surface area contributed by atoms with Crippen LogP contribution in [0.3, 0.4) is 0 Å². The van der Waals surface area contributed by atoms with E-state index in [0.717, 1.165) is 16.7 Å². The first-order valence-corrected chi connectivity index (χ1v) is 10.5. The Morgan fingerprint density at radius 1 is 1.00 bits per heavy atom. The summed E-state index contributed by atoms with van der Waals surface area (Å²) in [6.45, 7) is 7.49. The minimum atomic E-state index is -0.957. The van der Waals surface area contributed by atoms with Gasteiger partial charge in [0.15, 0.2) is 6.04 Å². The quantitative estimate of drug-likeness (QED) is 0.565. The van der Waals surface area contributed by atoms with E-state index in [-0.39, 0.29) is 12.5 Å². The van der Waals surface area contributed by atoms with Crippen LogP contribution < -0.4 is 5.32 Å². The third kappa shape index (κ3) is 5.67. The van der Waals surface area contributed by atoms with E-state index < -0.39 is 17.5 Å². The van der Waals surface area contributed by atoms with E-state index in [1.807, 2.05) is 75.4 Å². The van der Waals surface area contributed by atoms with Crippen LogP contribution in [0.5, 0.6) is 0 Å². The van der Waals surface area contributed by atoms with Crippen molar-refractivity contribution in [2.75, 3.05) is 0 Å². The Bertz CT molecular complexity index is 1120. The van der Waals surface area contributed by atoms with Crippen LogP contribution in [0.15, 0.2) is 77.4 Å². The van der Waals surface area contributed by atoms with Crippen molar-refractivity contribution in [3.63, 3.8) is 0 Å². The summed E-state index contributed by atoms with van der Waals surface area (Å²) < 4.78 is 5.59. The normalized spacial score (nSPS) is 11.8. The molecule has 3 aromatic rings. The minimum Gasteiger partial charge on any atom is -0.467 e. The lowest BCUT2D eigenvalue weighted by Gasteiger charge is -2.31. The van der Waals surface area contributed by atoms with Gasteiger partial charge >= 0.3 is 0 Å². The van der Waals surface area contributed by atoms with Gasteiger partial charge in [0.2, 0.25) is 0 Å². The summed E-state index contributed by atoms with van der Waals surface area (Å²) in [4.78, 5) is 27.9. The van der Waals surface area contributed by atoms with Crippen LogP contribution >= 0.6 is 0 Å². The van der Waals surface area contributed by atoms with Crippen molar-refractivity contribution in [3.05, 3.63) is 84.3 Å². The molecule has 5 heteroatoms. The summed E-state index contributed by atoms with van der Waals surface area (Å²) >= 11 is 0. The fourth-order valence-electron chi connectivity index (χ4n) is 3.51. The lowest BCUT2D eigenvalue weighted by molar-refractivity contribution is -0.139. The molecule has 32 heavy (non-hydrogen) atoms. The second-order valence-corrected chi connectivity index (χ2v) is 8.49. The number of nitrogens with one attached hydrogen (secondary N) is 1. The fourth-order valence-corrected chi connectivity index (χ4v) is 3.51. The monoisotopic (exact) mass is 428 g/mol. The topological polar surface area (TPSA) is 62.6 Å². The van der Waals surface area contributed by atoms with Crippen LogP contribution in [0.1, 0.15) is 45.1 Å². The molecule has 0 aliphatic rings. The van der Waals surface area contributed by atoms with E-state index >= 15 is 0 Å². The molecule has 0 saturated heterocycles. The Kier molecular flexibility index (Phi) is 7.17. The van der Waals surface area contributed by atoms with Crippen molar-refractivity contribution in [1.82, 2.24) is 10.2 Å². The van der Waals surface area contributed by atoms with Gasteiger partial charge in [-0.1, -0.05) is 60.5 Å². The van der Waals surface area contributed by atoms with Gasteiger partial charge in [0.25, 0.3) is 11.8 Å². The lowest BCUT2D eigenvalue weighted by Crippen LogP contribution is -2.48. The molecule has 1 heterocycles. The van der Waals surface area contributed by atoms with E-state index in [0.29, 0.717) is 5.76 Å². The van der Waals surface area contributed by atoms with Gasteiger partial charge in [-0.3, -0.25) is 9.59 Å². The summed E-state index contributed by atoms with van der Waals surface area (Å²) in [6.07, 6.45) is 1.50. The molecular formula is C27H28N2O3. The van der Waals surface area contributed by atoms with Crippen LogP contribution in [0.2, 0.25) is 0 Å². The van der Waals surface area contributed by atoms with Gasteiger partial charge in [-0.05, 0) is 62.4 Å². The standard InChI is InChI=1S/C27H28N2O3/c1-5-12-24(30)29(25(23-17-11-18-32-23)26(31)28-27(2,3)4)19-21-15-9-10-16-22(21)20-13-7-6-8-14-20/h6-11,13-18,25H,19H2,1-4H3,(H,28,31). The molecule has 1 N–H and O–H groups in total. The number of hydrogen-bond donors (Lipinski definition) is 1. The van der Waals surface area contributed by atoms with Gasteiger partial charge in [0.05, 0.1) is 6.26 Å². The smallest absolute Gasteiger partial charge is 0.299 e. The molecule has 0 spiro atoms. The predicted octanol–water partition coefficient (Wildman–Crippen LogP) is 4.95. The average Bonchev–Trinajstić information content (AvgIpc) is 3.27. The van der Waals surface area contributed by atoms with Gasteiger partial charge < -0.3 is 14.6 Å². The molecular weight excluding hydrogens is 400 g/mol. The number of furan rings is 1. The molecule has 2 amide bonds. The van der Waals surface area contributed by atoms with E-state index in [1.165, 1.54) is 11.2 Å². The third-order valence-corrected chi connectivity index (χ3v) is 4.81. The Hall–Kier alpha value is -3.78. The predicted molar refractivity (Wildman–Crippen MR) is 125 cm³/mol. The summed E-state index contributed by atoms with van der Waals surface area (Å²) in [6, 6.07) is 20.3. The van der Waals surface area contributed by atoms with Crippen LogP contribution in [0.25, 0.3) is 11.1 Å². The van der Waals surface area contributed by atoms with Crippen LogP contribution in [-0.4, -0.2) is 22.3 Å². The van der Waals surface area contributed by atoms with E-state index in [2.05, 4.69) is 17.2 Å². The largest absolute Gasteiger partial charge is 0.467 e. The maximum Gasteiger partial charge on any atom is 0.299 e. The summed E-state index contributed by atoms with van der Waals surface area (Å²) in [5.41, 5.74) is 2.45. The molecule has 1 atom stereocenters. The Balaban J connectivity index is 2.07. The number of benzene rings is 2. The Labute approximate surface area is 189 Å². The molecule has 1 aromatic heterocycles. The van der Waals surface area contributed by atoms with E-state index in [4.69, 9.17) is 4.42 Å². The van der Waals surface area contributed by atoms with Gasteiger partial charge in [-0.2, -0.15) is 0 Å². The first kappa shape index (κ1) is 22.9. The van der Waals surface area contributed by atoms with Gasteiger partial charge in [-0.25, -0.2) is 0 Å². The number of carbonyl (C=O) groups excluding carboxylic acids is 2. The van der Waals surface area contributed by atoms with Crippen LogP contribution in [0.4, 0.5) is 0 Å². The molecule has 1 unspecified atom stereocenters. The second-order valence-electron chi connectivity index (χ2n) is 8.49. The minimum absolute atomic E-state index is 0.196. The van der Waals surface area contributed by atoms with Gasteiger partial charge in [0, 0.05) is 12.1 Å². The van der Waals surface area contributed by atoms with E-state index in [9.17, 15) is 9.59 Å². The molecule has 5 nitrogen and oxygen atoms in total. The van der Waals surface area contributed by atoms with Crippen LogP contribution in [0, 0.1) is 11.8 Å². The Morgan fingerprint density at radius 2 is 1.69 bits per heavy atom. The van der Waals surface area contributed by atoms with Crippen molar-refractivity contribution >= 4 is 11.8 Å². The highest BCUT2D eigenvalue weighted by Crippen LogP contribution is 2.29. The highest BCUT2D eigenvalue weighted by Gasteiger charge is 2.35. The number of carbonyl (C=O) groups is 2. The molecule has 0 radical (unpaired) electrons. The first-order valence-electron chi connectivity index (χ1n) is 10.5. The number of rotatable bonds is 6. The number of hydrogen-bond acceptors (Lipinski definition) is 3. The molecule has 0 aliphatic heterocycles. The van der Waals surface area contributed by atoms with Crippen molar-refractivity contribution in [1.29, 1.82) is 0 Å². The SMILES string of the molecule is CC#CC(=O)N(Cc1ccccc1-c1ccccc1)C(C(=O)NC(C)(C)C)c1ccco1. The highest BCUT2D eigenvalue weighted by atomic mass is 16.3. The average molecular weight is 429 g/mol. The third-order valence-electron chi connectivity index (χ3n) is 4.81. The number of amides is 2. The van der Waals surface area contributed by atoms with Crippen molar-refractivity contribution in [2.45, 2.75) is 45.8 Å². The van der Waals surface area contributed by atoms with Crippen molar-refractivity contribution in [2.24, 2.45) is 0 Å². The van der Waals surface area contributed by atoms with Gasteiger partial charge in [0.1, 0.15) is 5.76 Å². The van der Waals surface area contributed by atoms with E-state index in [1.54, 1.807) is 19.1 Å². The molecule has 0 fully saturated rings. The maximum absolute atomic E-state index is 13.3. The molecule has 0 bridgehead atoms. The molecule has 164 valence electrons. The maximum atomic E-state index is 13.3. The van der Waals surface area contributed by atoms with Gasteiger partial charge in [-0.15, -0.1) is 0 Å². The van der Waals surface area contributed by atoms with Crippen molar-refractivity contribution < 1.29 is 14.0 Å².